The molecule has 1 atom stereocenters. The number of anilines is 2. The molecule has 2 aromatic heterocycles. The van der Waals surface area contributed by atoms with E-state index in [1.807, 2.05) is 176 Å². The third-order valence-electron chi connectivity index (χ3n) is 11.0. The van der Waals surface area contributed by atoms with Crippen LogP contribution in [0.15, 0.2) is 234 Å². The van der Waals surface area contributed by atoms with Crippen molar-refractivity contribution in [2.45, 2.75) is 24.4 Å². The van der Waals surface area contributed by atoms with Crippen LogP contribution in [0.25, 0.3) is 0 Å². The maximum Gasteiger partial charge on any atom is 0.360 e. The molecule has 0 radical (unpaired) electrons. The Hall–Kier alpha value is -8.38. The molecule has 3 N–H and O–H groups in total. The summed E-state index contributed by atoms with van der Waals surface area (Å²) in [7, 11) is 0. The van der Waals surface area contributed by atoms with Gasteiger partial charge in [0.25, 0.3) is 6.29 Å². The lowest BCUT2D eigenvalue weighted by atomic mass is 9.84. The summed E-state index contributed by atoms with van der Waals surface area (Å²) in [4.78, 5) is 40.9. The van der Waals surface area contributed by atoms with E-state index < -0.39 is 35.6 Å². The highest BCUT2D eigenvalue weighted by molar-refractivity contribution is 7.14. The van der Waals surface area contributed by atoms with Gasteiger partial charge >= 0.3 is 5.97 Å². The van der Waals surface area contributed by atoms with Gasteiger partial charge in [-0.05, 0) is 45.0 Å². The van der Waals surface area contributed by atoms with E-state index in [9.17, 15) is 14.7 Å². The Balaban J connectivity index is 1.04. The van der Waals surface area contributed by atoms with Crippen LogP contribution in [0, 0.1) is 0 Å². The molecule has 0 spiro atoms. The number of hydrogen-bond acceptors (Lipinski definition) is 9. The maximum atomic E-state index is 14.0. The number of hydrogen-bond donors (Lipinski definition) is 3. The highest BCUT2D eigenvalue weighted by Gasteiger charge is 2.28. The van der Waals surface area contributed by atoms with E-state index >= 15 is 0 Å². The van der Waals surface area contributed by atoms with Gasteiger partial charge in [-0.2, -0.15) is 0 Å². The molecule has 9 rings (SSSR count). The normalized spacial score (nSPS) is 12.0. The van der Waals surface area contributed by atoms with Crippen molar-refractivity contribution in [1.82, 2.24) is 9.97 Å². The number of benzene rings is 7. The number of thiazole rings is 1. The van der Waals surface area contributed by atoms with Crippen molar-refractivity contribution >= 4 is 33.8 Å². The lowest BCUT2D eigenvalue weighted by Gasteiger charge is -2.25. The van der Waals surface area contributed by atoms with Crippen LogP contribution in [0.5, 0.6) is 5.75 Å². The predicted octanol–water partition coefficient (Wildman–Crippen LogP) is 12.2. The molecule has 11 heteroatoms. The summed E-state index contributed by atoms with van der Waals surface area (Å²) in [5.41, 5.74) is 6.66. The van der Waals surface area contributed by atoms with Gasteiger partial charge in [0.2, 0.25) is 11.1 Å². The summed E-state index contributed by atoms with van der Waals surface area (Å²) >= 11 is 1.23. The number of aromatic nitrogens is 2. The van der Waals surface area contributed by atoms with Gasteiger partial charge in [0.05, 0.1) is 5.69 Å². The van der Waals surface area contributed by atoms with Crippen molar-refractivity contribution in [1.29, 1.82) is 0 Å². The third kappa shape index (κ3) is 10.6. The van der Waals surface area contributed by atoms with Crippen LogP contribution in [0.2, 0.25) is 0 Å². The van der Waals surface area contributed by atoms with Crippen LogP contribution in [-0.4, -0.2) is 26.8 Å². The summed E-state index contributed by atoms with van der Waals surface area (Å²) < 4.78 is 13.1. The van der Waals surface area contributed by atoms with Crippen molar-refractivity contribution in [2.24, 2.45) is 5.16 Å². The number of carboxylic acid groups (broad SMARTS) is 1. The average molecular weight is 901 g/mol. The van der Waals surface area contributed by atoms with Crippen LogP contribution in [-0.2, 0) is 14.4 Å². The Morgan fingerprint density at radius 3 is 1.57 bits per heavy atom. The molecule has 330 valence electrons. The van der Waals surface area contributed by atoms with E-state index in [4.69, 9.17) is 14.3 Å². The van der Waals surface area contributed by atoms with Gasteiger partial charge in [-0.25, -0.2) is 9.78 Å². The zero-order valence-corrected chi connectivity index (χ0v) is 36.8. The van der Waals surface area contributed by atoms with Crippen molar-refractivity contribution in [2.75, 3.05) is 5.32 Å². The molecule has 0 saturated carbocycles. The van der Waals surface area contributed by atoms with Gasteiger partial charge in [-0.15, -0.1) is 11.3 Å². The largest absolute Gasteiger partial charge is 0.476 e. The fourth-order valence-electron chi connectivity index (χ4n) is 7.85. The first-order valence-electron chi connectivity index (χ1n) is 21.6. The Kier molecular flexibility index (Phi) is 13.8. The van der Waals surface area contributed by atoms with Crippen LogP contribution >= 0.6 is 11.3 Å². The summed E-state index contributed by atoms with van der Waals surface area (Å²) in [6.45, 7) is 0. The van der Waals surface area contributed by atoms with E-state index in [1.54, 1.807) is 5.38 Å². The number of nitrogens with one attached hydrogen (secondary N) is 2. The quantitative estimate of drug-likeness (QED) is 0.0335. The fraction of sp³-hybridized carbons (Fsp3) is 0.0714. The van der Waals surface area contributed by atoms with E-state index in [-0.39, 0.29) is 23.1 Å². The smallest absolute Gasteiger partial charge is 0.360 e. The highest BCUT2D eigenvalue weighted by Crippen LogP contribution is 2.38. The van der Waals surface area contributed by atoms with E-state index in [0.29, 0.717) is 5.13 Å². The Morgan fingerprint density at radius 1 is 0.612 bits per heavy atom. The lowest BCUT2D eigenvalue weighted by Crippen LogP contribution is -2.20. The summed E-state index contributed by atoms with van der Waals surface area (Å²) in [5.74, 6) is -1.42. The number of aromatic amines is 1. The third-order valence-corrected chi connectivity index (χ3v) is 11.8. The molecule has 0 saturated heterocycles. The molecule has 67 heavy (non-hydrogen) atoms. The zero-order valence-electron chi connectivity index (χ0n) is 36.0. The topological polar surface area (TPSA) is 135 Å². The number of aliphatic carboxylic acids is 1. The molecule has 0 aliphatic heterocycles. The molecule has 7 aromatic carbocycles. The fourth-order valence-corrected chi connectivity index (χ4v) is 8.56. The van der Waals surface area contributed by atoms with Crippen LogP contribution in [0.4, 0.5) is 10.8 Å². The predicted molar refractivity (Wildman–Crippen MR) is 262 cm³/mol. The Bertz CT molecular complexity index is 2980. The minimum Gasteiger partial charge on any atom is -0.476 e. The number of para-hydroxylation sites is 1. The van der Waals surface area contributed by atoms with Gasteiger partial charge in [0.1, 0.15) is 17.9 Å². The Labute approximate surface area is 391 Å². The maximum absolute atomic E-state index is 14.0. The highest BCUT2D eigenvalue weighted by atomic mass is 32.1. The summed E-state index contributed by atoms with van der Waals surface area (Å²) in [6, 6.07) is 68.1. The van der Waals surface area contributed by atoms with E-state index in [0.717, 1.165) is 44.6 Å². The monoisotopic (exact) mass is 900 g/mol. The minimum atomic E-state index is -1.42. The number of pyridine rings is 1. The molecule has 0 fully saturated rings. The van der Waals surface area contributed by atoms with Crippen molar-refractivity contribution in [3.63, 3.8) is 0 Å². The molecular formula is C56H44N4O6S. The minimum absolute atomic E-state index is 0.0561. The SMILES string of the molecule is O=C(O)C(=NOC(OC(c1ccccc1)c1ccccc1)c1cc(=O)c(OC(c2ccccc2)c2ccccc2)c[nH]1)c1csc(Nc2ccccc2C(c2ccccc2)c2ccccc2)n1. The second kappa shape index (κ2) is 21.1. The van der Waals surface area contributed by atoms with Crippen LogP contribution in [0.3, 0.4) is 0 Å². The van der Waals surface area contributed by atoms with E-state index in [2.05, 4.69) is 50.8 Å². The number of carboxylic acids is 1. The van der Waals surface area contributed by atoms with Gasteiger partial charge in [-0.3, -0.25) is 4.79 Å². The van der Waals surface area contributed by atoms with E-state index in [1.165, 1.54) is 23.6 Å². The van der Waals surface area contributed by atoms with Crippen LogP contribution in [0.1, 0.15) is 74.7 Å². The van der Waals surface area contributed by atoms with Crippen molar-refractivity contribution in [3.8, 4) is 5.75 Å². The van der Waals surface area contributed by atoms with Gasteiger partial charge in [0.15, 0.2) is 10.9 Å². The average Bonchev–Trinajstić information content (AvgIpc) is 3.84. The summed E-state index contributed by atoms with van der Waals surface area (Å²) in [5, 5.41) is 20.3. The second-order valence-corrected chi connectivity index (χ2v) is 16.3. The standard InChI is InChI=1S/C56H44N4O6S/c61-48-35-46(57-36-49(48)64-52(40-25-11-3-12-26-40)41-27-13-4-14-28-41)55(65-53(42-29-15-5-16-30-42)43-31-17-6-18-32-43)66-60-51(54(62)63)47-37-67-56(59-47)58-45-34-20-19-33-44(45)50(38-21-7-1-8-22-38)39-23-9-2-10-24-39/h1-37,50,52-53,55H,(H,57,61)(H,58,59)(H,62,63). The molecular weight excluding hydrogens is 857 g/mol. The van der Waals surface area contributed by atoms with Crippen LogP contribution < -0.4 is 15.5 Å². The molecule has 0 amide bonds. The lowest BCUT2D eigenvalue weighted by molar-refractivity contribution is -0.171. The molecule has 9 aromatic rings. The first-order valence-corrected chi connectivity index (χ1v) is 22.5. The number of carbonyl (C=O) groups is 1. The zero-order chi connectivity index (χ0) is 45.8. The molecule has 0 aliphatic carbocycles. The van der Waals surface area contributed by atoms with Crippen molar-refractivity contribution in [3.05, 3.63) is 284 Å². The number of ether oxygens (including phenoxy) is 2. The molecule has 1 unspecified atom stereocenters. The summed E-state index contributed by atoms with van der Waals surface area (Å²) in [6.07, 6.45) is -1.27. The first-order chi connectivity index (χ1) is 33.0. The van der Waals surface area contributed by atoms with Crippen molar-refractivity contribution < 1.29 is 24.2 Å². The number of oxime groups is 1. The number of H-pyrrole nitrogens is 1. The molecule has 0 bridgehead atoms. The Morgan fingerprint density at radius 2 is 1.07 bits per heavy atom. The molecule has 2 heterocycles. The van der Waals surface area contributed by atoms with Gasteiger partial charge in [0, 0.05) is 29.2 Å². The van der Waals surface area contributed by atoms with Gasteiger partial charge < -0.3 is 29.7 Å². The van der Waals surface area contributed by atoms with Gasteiger partial charge in [-0.1, -0.05) is 205 Å². The molecule has 10 nitrogen and oxygen atoms in total. The second-order valence-electron chi connectivity index (χ2n) is 15.5. The number of rotatable bonds is 18. The first kappa shape index (κ1) is 43.9. The number of nitrogens with zero attached hydrogens (tertiary/aromatic N) is 2. The molecule has 0 aliphatic rings.